The summed E-state index contributed by atoms with van der Waals surface area (Å²) < 4.78 is 7.47. The Morgan fingerprint density at radius 2 is 1.92 bits per heavy atom. The summed E-state index contributed by atoms with van der Waals surface area (Å²) in [5.41, 5.74) is 1.33. The molecule has 4 rings (SSSR count). The van der Waals surface area contributed by atoms with E-state index in [1.807, 2.05) is 36.7 Å². The second-order valence-corrected chi connectivity index (χ2v) is 8.47. The van der Waals surface area contributed by atoms with Gasteiger partial charge in [0.1, 0.15) is 18.1 Å². The molecule has 1 amide bonds. The molecule has 26 heavy (non-hydrogen) atoms. The number of carbonyl (C=O) groups excluding carboxylic acids is 1. The third-order valence-electron chi connectivity index (χ3n) is 5.44. The van der Waals surface area contributed by atoms with Gasteiger partial charge in [0, 0.05) is 0 Å². The van der Waals surface area contributed by atoms with Gasteiger partial charge >= 0.3 is 0 Å². The van der Waals surface area contributed by atoms with Crippen LogP contribution in [0, 0.1) is 0 Å². The largest absolute Gasteiger partial charge is 0.363 e. The predicted octanol–water partition coefficient (Wildman–Crippen LogP) is 3.38. The van der Waals surface area contributed by atoms with E-state index in [0.717, 1.165) is 12.2 Å². The Kier molecular flexibility index (Phi) is 3.84. The van der Waals surface area contributed by atoms with Gasteiger partial charge in [0.25, 0.3) is 5.91 Å². The molecule has 0 spiro atoms. The van der Waals surface area contributed by atoms with Crippen molar-refractivity contribution in [3.63, 3.8) is 0 Å². The number of nitrogens with one attached hydrogen (secondary N) is 1. The number of ether oxygens (including phenoxy) is 1. The molecule has 1 atom stereocenters. The molecular weight excluding hydrogens is 328 g/mol. The van der Waals surface area contributed by atoms with Crippen LogP contribution in [0.2, 0.25) is 0 Å². The first-order valence-corrected chi connectivity index (χ1v) is 9.09. The van der Waals surface area contributed by atoms with Gasteiger partial charge in [-0.2, -0.15) is 5.10 Å². The molecule has 1 aromatic carbocycles. The van der Waals surface area contributed by atoms with Crippen molar-refractivity contribution in [2.75, 3.05) is 18.7 Å². The van der Waals surface area contributed by atoms with Crippen molar-refractivity contribution in [1.82, 2.24) is 14.7 Å². The van der Waals surface area contributed by atoms with Gasteiger partial charge < -0.3 is 15.0 Å². The monoisotopic (exact) mass is 354 g/mol. The first kappa shape index (κ1) is 17.1. The Labute approximate surface area is 154 Å². The minimum atomic E-state index is -0.311. The molecule has 1 aromatic heterocycles. The van der Waals surface area contributed by atoms with Crippen LogP contribution in [0.5, 0.6) is 0 Å². The van der Waals surface area contributed by atoms with E-state index in [4.69, 9.17) is 4.74 Å². The van der Waals surface area contributed by atoms with Crippen LogP contribution in [0.1, 0.15) is 56.1 Å². The van der Waals surface area contributed by atoms with Crippen molar-refractivity contribution in [2.24, 2.45) is 0 Å². The second-order valence-electron chi connectivity index (χ2n) is 8.47. The molecule has 1 N–H and O–H groups in total. The lowest BCUT2D eigenvalue weighted by atomic mass is 9.89. The topological polar surface area (TPSA) is 59.4 Å². The van der Waals surface area contributed by atoms with Crippen LogP contribution in [0.4, 0.5) is 5.82 Å². The molecule has 0 saturated carbocycles. The maximum Gasteiger partial charge on any atom is 0.261 e. The molecule has 2 aromatic rings. The van der Waals surface area contributed by atoms with Gasteiger partial charge in [0.05, 0.1) is 29.9 Å². The number of hydrogen-bond donors (Lipinski definition) is 1. The zero-order valence-electron chi connectivity index (χ0n) is 15.8. The molecule has 1 saturated heterocycles. The Bertz CT molecular complexity index is 826. The highest BCUT2D eigenvalue weighted by molar-refractivity contribution is 5.99. The lowest BCUT2D eigenvalue weighted by Gasteiger charge is -2.38. The molecule has 6 heteroatoms. The normalized spacial score (nSPS) is 23.4. The number of aromatic nitrogens is 2. The average molecular weight is 354 g/mol. The fourth-order valence-corrected chi connectivity index (χ4v) is 3.91. The van der Waals surface area contributed by atoms with Crippen molar-refractivity contribution in [1.29, 1.82) is 0 Å². The molecule has 3 heterocycles. The van der Waals surface area contributed by atoms with E-state index in [0.29, 0.717) is 18.9 Å². The molecule has 6 nitrogen and oxygen atoms in total. The number of carbonyl (C=O) groups is 1. The third-order valence-corrected chi connectivity index (χ3v) is 5.44. The lowest BCUT2D eigenvalue weighted by Crippen LogP contribution is -2.45. The van der Waals surface area contributed by atoms with Crippen molar-refractivity contribution < 1.29 is 9.53 Å². The first-order valence-electron chi connectivity index (χ1n) is 9.09. The zero-order valence-corrected chi connectivity index (χ0v) is 15.8. The predicted molar refractivity (Wildman–Crippen MR) is 100 cm³/mol. The molecule has 1 fully saturated rings. The maximum absolute atomic E-state index is 13.2. The van der Waals surface area contributed by atoms with Crippen LogP contribution < -0.4 is 5.32 Å². The summed E-state index contributed by atoms with van der Waals surface area (Å²) in [6.07, 6.45) is 2.59. The number of amides is 1. The summed E-state index contributed by atoms with van der Waals surface area (Å²) >= 11 is 0. The fourth-order valence-electron chi connectivity index (χ4n) is 3.91. The van der Waals surface area contributed by atoms with E-state index in [9.17, 15) is 4.79 Å². The van der Waals surface area contributed by atoms with E-state index in [1.165, 1.54) is 5.56 Å². The number of rotatable bonds is 2. The van der Waals surface area contributed by atoms with Crippen LogP contribution in [-0.4, -0.2) is 39.5 Å². The Morgan fingerprint density at radius 1 is 1.19 bits per heavy atom. The number of nitrogens with zero attached hydrogens (tertiary/aromatic N) is 3. The first-order chi connectivity index (χ1) is 12.3. The smallest absolute Gasteiger partial charge is 0.261 e. The number of anilines is 1. The molecular formula is C20H26N4O2. The fraction of sp³-hybridized carbons (Fsp3) is 0.500. The molecule has 2 aliphatic rings. The van der Waals surface area contributed by atoms with Crippen LogP contribution in [0.15, 0.2) is 36.5 Å². The van der Waals surface area contributed by atoms with E-state index < -0.39 is 0 Å². The summed E-state index contributed by atoms with van der Waals surface area (Å²) in [5.74, 6) is 0.758. The molecule has 2 aliphatic heterocycles. The summed E-state index contributed by atoms with van der Waals surface area (Å²) in [4.78, 5) is 15.0. The number of fused-ring (bicyclic) bond motifs is 1. The van der Waals surface area contributed by atoms with Gasteiger partial charge in [0.15, 0.2) is 0 Å². The summed E-state index contributed by atoms with van der Waals surface area (Å²) in [7, 11) is 0. The lowest BCUT2D eigenvalue weighted by molar-refractivity contribution is 0.0606. The van der Waals surface area contributed by atoms with Crippen LogP contribution in [0.25, 0.3) is 0 Å². The molecule has 138 valence electrons. The van der Waals surface area contributed by atoms with E-state index in [1.54, 1.807) is 11.1 Å². The van der Waals surface area contributed by atoms with Gasteiger partial charge in [-0.3, -0.25) is 4.79 Å². The van der Waals surface area contributed by atoms with E-state index in [2.05, 4.69) is 36.4 Å². The van der Waals surface area contributed by atoms with Crippen molar-refractivity contribution in [3.8, 4) is 0 Å². The number of benzene rings is 1. The maximum atomic E-state index is 13.2. The van der Waals surface area contributed by atoms with Crippen LogP contribution in [-0.2, 0) is 10.3 Å². The SMILES string of the molecule is CC1(C)COCN1C(=O)c1cnn2c1NC(c1ccccc1)CC2(C)C. The zero-order chi connectivity index (χ0) is 18.5. The Balaban J connectivity index is 1.71. The third kappa shape index (κ3) is 2.69. The average Bonchev–Trinajstić information content (AvgIpc) is 3.18. The van der Waals surface area contributed by atoms with Gasteiger partial charge in [-0.15, -0.1) is 0 Å². The molecule has 0 bridgehead atoms. The van der Waals surface area contributed by atoms with Gasteiger partial charge in [-0.05, 0) is 39.7 Å². The molecule has 0 aliphatic carbocycles. The van der Waals surface area contributed by atoms with Crippen molar-refractivity contribution in [2.45, 2.75) is 51.2 Å². The second kappa shape index (κ2) is 5.84. The minimum Gasteiger partial charge on any atom is -0.363 e. The standard InChI is InChI=1S/C20H26N4O2/c1-19(2)10-16(14-8-6-5-7-9-14)22-17-15(11-21-24(17)19)18(25)23-13-26-12-20(23,3)4/h5-9,11,16,22H,10,12-13H2,1-4H3. The molecule has 0 radical (unpaired) electrons. The van der Waals surface area contributed by atoms with E-state index >= 15 is 0 Å². The van der Waals surface area contributed by atoms with Crippen molar-refractivity contribution in [3.05, 3.63) is 47.7 Å². The highest BCUT2D eigenvalue weighted by Crippen LogP contribution is 2.40. The highest BCUT2D eigenvalue weighted by Gasteiger charge is 2.41. The van der Waals surface area contributed by atoms with Crippen LogP contribution >= 0.6 is 0 Å². The van der Waals surface area contributed by atoms with E-state index in [-0.39, 0.29) is 23.0 Å². The summed E-state index contributed by atoms with van der Waals surface area (Å²) in [6.45, 7) is 9.25. The van der Waals surface area contributed by atoms with Crippen LogP contribution in [0.3, 0.4) is 0 Å². The Morgan fingerprint density at radius 3 is 2.58 bits per heavy atom. The molecule has 1 unspecified atom stereocenters. The minimum absolute atomic E-state index is 0.0363. The Hall–Kier alpha value is -2.34. The summed E-state index contributed by atoms with van der Waals surface area (Å²) in [5, 5.41) is 8.11. The number of hydrogen-bond acceptors (Lipinski definition) is 4. The van der Waals surface area contributed by atoms with Gasteiger partial charge in [-0.25, -0.2) is 4.68 Å². The highest BCUT2D eigenvalue weighted by atomic mass is 16.5. The quantitative estimate of drug-likeness (QED) is 0.898. The van der Waals surface area contributed by atoms with Crippen molar-refractivity contribution >= 4 is 11.7 Å². The van der Waals surface area contributed by atoms with Gasteiger partial charge in [-0.1, -0.05) is 30.3 Å². The summed E-state index contributed by atoms with van der Waals surface area (Å²) in [6, 6.07) is 10.5. The van der Waals surface area contributed by atoms with Gasteiger partial charge in [0.2, 0.25) is 0 Å².